The molecule has 0 unspecified atom stereocenters. The van der Waals surface area contributed by atoms with E-state index in [-0.39, 0.29) is 18.0 Å². The second-order valence-corrected chi connectivity index (χ2v) is 6.42. The molecule has 1 aromatic heterocycles. The molecule has 0 fully saturated rings. The largest absolute Gasteiger partial charge is 0.508 e. The van der Waals surface area contributed by atoms with Crippen molar-refractivity contribution in [3.05, 3.63) is 70.9 Å². The van der Waals surface area contributed by atoms with Crippen molar-refractivity contribution in [3.63, 3.8) is 0 Å². The fraction of sp³-hybridized carbons (Fsp3) is 0.0952. The summed E-state index contributed by atoms with van der Waals surface area (Å²) in [5, 5.41) is 25.3. The van der Waals surface area contributed by atoms with Gasteiger partial charge < -0.3 is 15.7 Å². The third kappa shape index (κ3) is 3.07. The zero-order chi connectivity index (χ0) is 19.0. The Kier molecular flexibility index (Phi) is 3.98. The van der Waals surface area contributed by atoms with Gasteiger partial charge in [-0.1, -0.05) is 6.07 Å². The fourth-order valence-corrected chi connectivity index (χ4v) is 3.15. The molecule has 6 nitrogen and oxygen atoms in total. The number of rotatable bonds is 2. The lowest BCUT2D eigenvalue weighted by atomic mass is 10.0. The van der Waals surface area contributed by atoms with Crippen LogP contribution in [-0.4, -0.2) is 15.9 Å². The van der Waals surface area contributed by atoms with E-state index in [9.17, 15) is 9.90 Å². The number of nitrogens with zero attached hydrogens (tertiary/aromatic N) is 2. The van der Waals surface area contributed by atoms with Crippen molar-refractivity contribution < 1.29 is 9.90 Å². The number of pyridine rings is 1. The van der Waals surface area contributed by atoms with Crippen LogP contribution in [0.15, 0.2) is 48.7 Å². The Morgan fingerprint density at radius 1 is 1.19 bits per heavy atom. The maximum absolute atomic E-state index is 13.0. The molecule has 0 radical (unpaired) electrons. The van der Waals surface area contributed by atoms with Gasteiger partial charge in [0.15, 0.2) is 5.78 Å². The molecule has 0 spiro atoms. The molecule has 0 bridgehead atoms. The van der Waals surface area contributed by atoms with Crippen LogP contribution in [-0.2, 0) is 6.42 Å². The number of hydrogen-bond donors (Lipinski definition) is 3. The lowest BCUT2D eigenvalue weighted by Crippen LogP contribution is -2.08. The van der Waals surface area contributed by atoms with Crippen LogP contribution in [0, 0.1) is 18.3 Å². The molecular weight excluding hydrogens is 340 g/mol. The molecule has 0 atom stereocenters. The number of phenolic OH excluding ortho intramolecular Hbond substituents is 1. The van der Waals surface area contributed by atoms with Gasteiger partial charge in [-0.15, -0.1) is 0 Å². The number of aromatic nitrogens is 1. The van der Waals surface area contributed by atoms with Gasteiger partial charge in [-0.2, -0.15) is 5.26 Å². The van der Waals surface area contributed by atoms with Crippen LogP contribution in [0.3, 0.4) is 0 Å². The Bertz CT molecular complexity index is 1120. The fourth-order valence-electron chi connectivity index (χ4n) is 3.15. The van der Waals surface area contributed by atoms with E-state index in [4.69, 9.17) is 5.26 Å². The van der Waals surface area contributed by atoms with E-state index in [1.165, 1.54) is 0 Å². The molecule has 2 aromatic carbocycles. The number of aryl methyl sites for hydroxylation is 1. The van der Waals surface area contributed by atoms with Gasteiger partial charge in [-0.05, 0) is 48.4 Å². The number of carbonyl (C=O) groups excluding carboxylic acids is 1. The highest BCUT2D eigenvalue weighted by Crippen LogP contribution is 2.35. The number of Topliss-reactive ketones (excluding diaryl/α,β-unsaturated/α-hetero) is 1. The first kappa shape index (κ1) is 16.6. The van der Waals surface area contributed by atoms with Gasteiger partial charge in [0.05, 0.1) is 22.9 Å². The van der Waals surface area contributed by atoms with Gasteiger partial charge in [0, 0.05) is 30.1 Å². The average Bonchev–Trinajstić information content (AvgIpc) is 2.80. The van der Waals surface area contributed by atoms with Crippen molar-refractivity contribution in [2.24, 2.45) is 0 Å². The van der Waals surface area contributed by atoms with E-state index >= 15 is 0 Å². The molecule has 0 aliphatic carbocycles. The summed E-state index contributed by atoms with van der Waals surface area (Å²) in [6.07, 6.45) is 1.79. The first-order chi connectivity index (χ1) is 13.0. The van der Waals surface area contributed by atoms with Crippen molar-refractivity contribution in [2.45, 2.75) is 13.3 Å². The molecule has 6 heteroatoms. The smallest absolute Gasteiger partial charge is 0.173 e. The van der Waals surface area contributed by atoms with E-state index in [2.05, 4.69) is 21.7 Å². The molecule has 1 aliphatic heterocycles. The molecule has 3 N–H and O–H groups in total. The summed E-state index contributed by atoms with van der Waals surface area (Å²) in [5.74, 6) is 0.509. The number of carbonyl (C=O) groups is 1. The van der Waals surface area contributed by atoms with Gasteiger partial charge in [-0.25, -0.2) is 4.98 Å². The van der Waals surface area contributed by atoms with Crippen LogP contribution in [0.5, 0.6) is 5.75 Å². The number of aromatic hydroxyl groups is 1. The summed E-state index contributed by atoms with van der Waals surface area (Å²) < 4.78 is 0. The van der Waals surface area contributed by atoms with E-state index in [0.29, 0.717) is 28.3 Å². The molecule has 0 saturated carbocycles. The van der Waals surface area contributed by atoms with Crippen LogP contribution < -0.4 is 10.6 Å². The zero-order valence-corrected chi connectivity index (χ0v) is 14.6. The normalized spacial score (nSPS) is 12.2. The van der Waals surface area contributed by atoms with Crippen LogP contribution in [0.1, 0.15) is 27.0 Å². The van der Waals surface area contributed by atoms with Gasteiger partial charge in [0.25, 0.3) is 0 Å². The Morgan fingerprint density at radius 2 is 2.04 bits per heavy atom. The van der Waals surface area contributed by atoms with Gasteiger partial charge in [0.1, 0.15) is 11.6 Å². The molecule has 132 valence electrons. The first-order valence-electron chi connectivity index (χ1n) is 8.44. The second kappa shape index (κ2) is 6.46. The maximum Gasteiger partial charge on any atom is 0.173 e. The highest BCUT2D eigenvalue weighted by molar-refractivity contribution is 6.09. The summed E-state index contributed by atoms with van der Waals surface area (Å²) in [6.45, 7) is 1.92. The monoisotopic (exact) mass is 356 g/mol. The molecular formula is C21H16N4O2. The lowest BCUT2D eigenvalue weighted by Gasteiger charge is -2.15. The maximum atomic E-state index is 13.0. The van der Waals surface area contributed by atoms with Gasteiger partial charge in [-0.3, -0.25) is 4.79 Å². The Labute approximate surface area is 156 Å². The number of benzene rings is 2. The second-order valence-electron chi connectivity index (χ2n) is 6.42. The average molecular weight is 356 g/mol. The molecule has 0 amide bonds. The standard InChI is InChI=1S/C21H16N4O2/c1-12-2-4-15(26)10-18(12)24-17-6-7-23-21-20(17)19(27)9-14-8-13(11-22)3-5-16(14)25-21/h2-8,10,26H,9H2,1H3,(H2,23,24,25). The van der Waals surface area contributed by atoms with Crippen molar-refractivity contribution in [3.8, 4) is 11.8 Å². The minimum atomic E-state index is -0.0975. The minimum absolute atomic E-state index is 0.0975. The molecule has 3 aromatic rings. The Balaban J connectivity index is 1.78. The number of hydrogen-bond acceptors (Lipinski definition) is 6. The van der Waals surface area contributed by atoms with E-state index in [1.807, 2.05) is 6.92 Å². The molecule has 2 heterocycles. The van der Waals surface area contributed by atoms with Gasteiger partial charge in [0.2, 0.25) is 0 Å². The molecule has 0 saturated heterocycles. The summed E-state index contributed by atoms with van der Waals surface area (Å²) in [6, 6.07) is 14.1. The predicted octanol–water partition coefficient (Wildman–Crippen LogP) is 4.19. The molecule has 27 heavy (non-hydrogen) atoms. The van der Waals surface area contributed by atoms with Crippen LogP contribution in [0.4, 0.5) is 22.9 Å². The minimum Gasteiger partial charge on any atom is -0.508 e. The number of nitrogens with one attached hydrogen (secondary N) is 2. The summed E-state index contributed by atoms with van der Waals surface area (Å²) in [7, 11) is 0. The third-order valence-electron chi connectivity index (χ3n) is 4.56. The van der Waals surface area contributed by atoms with Crippen LogP contribution in [0.2, 0.25) is 0 Å². The number of phenols is 1. The summed E-state index contributed by atoms with van der Waals surface area (Å²) >= 11 is 0. The number of nitriles is 1. The Hall–Kier alpha value is -3.85. The SMILES string of the molecule is Cc1ccc(O)cc1Nc1ccnc2c1C(=O)Cc1cc(C#N)ccc1N2. The van der Waals surface area contributed by atoms with Crippen LogP contribution in [0.25, 0.3) is 0 Å². The lowest BCUT2D eigenvalue weighted by molar-refractivity contribution is 0.0995. The Morgan fingerprint density at radius 3 is 2.85 bits per heavy atom. The van der Waals surface area contributed by atoms with Crippen molar-refractivity contribution in [2.75, 3.05) is 10.6 Å². The summed E-state index contributed by atoms with van der Waals surface area (Å²) in [4.78, 5) is 17.3. The zero-order valence-electron chi connectivity index (χ0n) is 14.6. The highest BCUT2D eigenvalue weighted by atomic mass is 16.3. The molecule has 4 rings (SSSR count). The number of fused-ring (bicyclic) bond motifs is 2. The van der Waals surface area contributed by atoms with E-state index in [1.54, 1.807) is 48.7 Å². The third-order valence-corrected chi connectivity index (χ3v) is 4.56. The van der Waals surface area contributed by atoms with E-state index < -0.39 is 0 Å². The highest BCUT2D eigenvalue weighted by Gasteiger charge is 2.24. The predicted molar refractivity (Wildman–Crippen MR) is 103 cm³/mol. The van der Waals surface area contributed by atoms with Crippen molar-refractivity contribution >= 4 is 28.7 Å². The van der Waals surface area contributed by atoms with E-state index in [0.717, 1.165) is 16.8 Å². The topological polar surface area (TPSA) is 98.0 Å². The van der Waals surface area contributed by atoms with Crippen LogP contribution >= 0.6 is 0 Å². The quantitative estimate of drug-likeness (QED) is 0.637. The van der Waals surface area contributed by atoms with Crippen molar-refractivity contribution in [1.29, 1.82) is 5.26 Å². The van der Waals surface area contributed by atoms with Crippen molar-refractivity contribution in [1.82, 2.24) is 4.98 Å². The van der Waals surface area contributed by atoms with Gasteiger partial charge >= 0.3 is 0 Å². The molecule has 1 aliphatic rings. The first-order valence-corrected chi connectivity index (χ1v) is 8.44. The summed E-state index contributed by atoms with van der Waals surface area (Å²) in [5.41, 5.74) is 4.75. The number of anilines is 4. The number of ketones is 1.